The first-order chi connectivity index (χ1) is 8.74. The van der Waals surface area contributed by atoms with E-state index >= 15 is 0 Å². The Morgan fingerprint density at radius 3 is 2.67 bits per heavy atom. The summed E-state index contributed by atoms with van der Waals surface area (Å²) in [5, 5.41) is 0. The highest BCUT2D eigenvalue weighted by atomic mass is 16.2. The van der Waals surface area contributed by atoms with E-state index in [1.807, 2.05) is 4.90 Å². The molecule has 2 aliphatic rings. The van der Waals surface area contributed by atoms with Crippen LogP contribution < -0.4 is 5.73 Å². The molecule has 0 saturated carbocycles. The summed E-state index contributed by atoms with van der Waals surface area (Å²) in [7, 11) is 0. The third-order valence-corrected chi connectivity index (χ3v) is 4.44. The van der Waals surface area contributed by atoms with Crippen molar-refractivity contribution < 1.29 is 4.79 Å². The van der Waals surface area contributed by atoms with Gasteiger partial charge in [0, 0.05) is 19.1 Å². The second-order valence-corrected chi connectivity index (χ2v) is 5.67. The minimum atomic E-state index is 0.0633. The number of carbonyl (C=O) groups excluding carboxylic acids is 1. The lowest BCUT2D eigenvalue weighted by atomic mass is 10.1. The molecule has 0 aromatic rings. The van der Waals surface area contributed by atoms with E-state index in [0.29, 0.717) is 11.9 Å². The van der Waals surface area contributed by atoms with Gasteiger partial charge in [-0.15, -0.1) is 0 Å². The molecule has 2 saturated heterocycles. The Morgan fingerprint density at radius 1 is 1.28 bits per heavy atom. The Balaban J connectivity index is 1.89. The van der Waals surface area contributed by atoms with Crippen LogP contribution in [0, 0.1) is 0 Å². The number of hydrogen-bond acceptors (Lipinski definition) is 3. The molecule has 18 heavy (non-hydrogen) atoms. The summed E-state index contributed by atoms with van der Waals surface area (Å²) in [6.45, 7) is 5.85. The molecule has 1 amide bonds. The summed E-state index contributed by atoms with van der Waals surface area (Å²) >= 11 is 0. The van der Waals surface area contributed by atoms with Gasteiger partial charge in [0.1, 0.15) is 0 Å². The van der Waals surface area contributed by atoms with Crippen molar-refractivity contribution in [2.75, 3.05) is 26.2 Å². The highest BCUT2D eigenvalue weighted by Gasteiger charge is 2.34. The van der Waals surface area contributed by atoms with Crippen molar-refractivity contribution in [3.8, 4) is 0 Å². The molecule has 2 rings (SSSR count). The van der Waals surface area contributed by atoms with Gasteiger partial charge in [-0.1, -0.05) is 0 Å². The van der Waals surface area contributed by atoms with Crippen LogP contribution in [-0.4, -0.2) is 54.0 Å². The van der Waals surface area contributed by atoms with Crippen LogP contribution in [-0.2, 0) is 4.79 Å². The topological polar surface area (TPSA) is 49.6 Å². The lowest BCUT2D eigenvalue weighted by molar-refractivity contribution is -0.135. The average Bonchev–Trinajstić information content (AvgIpc) is 3.05. The molecule has 0 radical (unpaired) electrons. The molecule has 4 heteroatoms. The van der Waals surface area contributed by atoms with Crippen LogP contribution in [0.25, 0.3) is 0 Å². The molecule has 2 heterocycles. The maximum Gasteiger partial charge on any atom is 0.239 e. The molecule has 0 aliphatic carbocycles. The fourth-order valence-electron chi connectivity index (χ4n) is 3.37. The summed E-state index contributed by atoms with van der Waals surface area (Å²) in [5.74, 6) is 0.340. The predicted molar refractivity (Wildman–Crippen MR) is 73.3 cm³/mol. The predicted octanol–water partition coefficient (Wildman–Crippen LogP) is 1.20. The van der Waals surface area contributed by atoms with Crippen molar-refractivity contribution in [1.82, 2.24) is 9.80 Å². The molecule has 2 aliphatic heterocycles. The Bertz CT molecular complexity index is 276. The van der Waals surface area contributed by atoms with Gasteiger partial charge in [0.05, 0.1) is 6.04 Å². The van der Waals surface area contributed by atoms with Gasteiger partial charge >= 0.3 is 0 Å². The van der Waals surface area contributed by atoms with Crippen molar-refractivity contribution in [3.63, 3.8) is 0 Å². The van der Waals surface area contributed by atoms with Gasteiger partial charge in [-0.25, -0.2) is 0 Å². The molecular weight excluding hydrogens is 226 g/mol. The Kier molecular flexibility index (Phi) is 5.01. The fourth-order valence-corrected chi connectivity index (χ4v) is 3.37. The Morgan fingerprint density at radius 2 is 2.00 bits per heavy atom. The van der Waals surface area contributed by atoms with E-state index in [0.717, 1.165) is 39.0 Å². The molecule has 2 unspecified atom stereocenters. The van der Waals surface area contributed by atoms with E-state index < -0.39 is 0 Å². The van der Waals surface area contributed by atoms with Crippen LogP contribution in [0.15, 0.2) is 0 Å². The number of likely N-dealkylation sites (tertiary alicyclic amines) is 2. The fraction of sp³-hybridized carbons (Fsp3) is 0.929. The molecule has 2 atom stereocenters. The lowest BCUT2D eigenvalue weighted by Crippen LogP contribution is -2.48. The molecule has 2 N–H and O–H groups in total. The van der Waals surface area contributed by atoms with Crippen LogP contribution in [0.5, 0.6) is 0 Å². The quantitative estimate of drug-likeness (QED) is 0.801. The zero-order chi connectivity index (χ0) is 13.0. The largest absolute Gasteiger partial charge is 0.341 e. The normalized spacial score (nSPS) is 26.8. The van der Waals surface area contributed by atoms with Gasteiger partial charge in [0.25, 0.3) is 0 Å². The van der Waals surface area contributed by atoms with Crippen molar-refractivity contribution in [1.29, 1.82) is 0 Å². The molecule has 0 aromatic carbocycles. The first kappa shape index (κ1) is 13.8. The van der Waals surface area contributed by atoms with Crippen molar-refractivity contribution in [3.05, 3.63) is 0 Å². The van der Waals surface area contributed by atoms with Gasteiger partial charge in [-0.2, -0.15) is 0 Å². The third-order valence-electron chi connectivity index (χ3n) is 4.44. The molecule has 0 aromatic heterocycles. The monoisotopic (exact) mass is 253 g/mol. The Labute approximate surface area is 110 Å². The summed E-state index contributed by atoms with van der Waals surface area (Å²) in [6, 6.07) is 0.642. The smallest absolute Gasteiger partial charge is 0.239 e. The Hall–Kier alpha value is -0.610. The van der Waals surface area contributed by atoms with Crippen LogP contribution >= 0.6 is 0 Å². The van der Waals surface area contributed by atoms with Crippen LogP contribution in [0.3, 0.4) is 0 Å². The number of hydrogen-bond donors (Lipinski definition) is 1. The zero-order valence-electron chi connectivity index (χ0n) is 11.6. The van der Waals surface area contributed by atoms with E-state index in [2.05, 4.69) is 11.8 Å². The van der Waals surface area contributed by atoms with E-state index in [-0.39, 0.29) is 6.04 Å². The van der Waals surface area contributed by atoms with Gasteiger partial charge < -0.3 is 10.6 Å². The zero-order valence-corrected chi connectivity index (χ0v) is 11.6. The number of rotatable bonds is 5. The minimum Gasteiger partial charge on any atom is -0.341 e. The van der Waals surface area contributed by atoms with Gasteiger partial charge in [-0.3, -0.25) is 9.69 Å². The highest BCUT2D eigenvalue weighted by Crippen LogP contribution is 2.25. The number of amides is 1. The van der Waals surface area contributed by atoms with Crippen LogP contribution in [0.1, 0.15) is 45.4 Å². The van der Waals surface area contributed by atoms with Crippen molar-refractivity contribution in [2.45, 2.75) is 57.5 Å². The van der Waals surface area contributed by atoms with Gasteiger partial charge in [0.15, 0.2) is 0 Å². The van der Waals surface area contributed by atoms with Crippen LogP contribution in [0.2, 0.25) is 0 Å². The summed E-state index contributed by atoms with van der Waals surface area (Å²) < 4.78 is 0. The molecule has 104 valence electrons. The number of carbonyl (C=O) groups is 1. The number of nitrogens with two attached hydrogens (primary N) is 1. The second kappa shape index (κ2) is 6.53. The van der Waals surface area contributed by atoms with E-state index in [1.54, 1.807) is 0 Å². The average molecular weight is 253 g/mol. The van der Waals surface area contributed by atoms with E-state index in [4.69, 9.17) is 5.73 Å². The van der Waals surface area contributed by atoms with E-state index in [1.165, 1.54) is 25.7 Å². The van der Waals surface area contributed by atoms with Crippen molar-refractivity contribution >= 4 is 5.91 Å². The first-order valence-electron chi connectivity index (χ1n) is 7.48. The summed E-state index contributed by atoms with van der Waals surface area (Å²) in [5.41, 5.74) is 5.59. The third kappa shape index (κ3) is 3.04. The minimum absolute atomic E-state index is 0.0633. The maximum absolute atomic E-state index is 12.4. The summed E-state index contributed by atoms with van der Waals surface area (Å²) in [4.78, 5) is 16.9. The molecule has 0 spiro atoms. The van der Waals surface area contributed by atoms with Gasteiger partial charge in [0.2, 0.25) is 5.91 Å². The molecule has 0 bridgehead atoms. The van der Waals surface area contributed by atoms with Crippen molar-refractivity contribution in [2.24, 2.45) is 5.73 Å². The molecular formula is C14H27N3O. The number of nitrogens with zero attached hydrogens (tertiary/aromatic N) is 2. The first-order valence-corrected chi connectivity index (χ1v) is 7.48. The standard InChI is InChI=1S/C14H27N3O/c1-12(14(18)16-9-2-3-10-16)17-11-5-7-13(17)6-4-8-15/h12-13H,2-11,15H2,1H3. The molecule has 4 nitrogen and oxygen atoms in total. The van der Waals surface area contributed by atoms with Crippen LogP contribution in [0.4, 0.5) is 0 Å². The van der Waals surface area contributed by atoms with Gasteiger partial charge in [-0.05, 0) is 58.5 Å². The summed E-state index contributed by atoms with van der Waals surface area (Å²) in [6.07, 6.45) is 7.04. The second-order valence-electron chi connectivity index (χ2n) is 5.67. The SMILES string of the molecule is CC(C(=O)N1CCCC1)N1CCCC1CCCN. The highest BCUT2D eigenvalue weighted by molar-refractivity contribution is 5.81. The van der Waals surface area contributed by atoms with E-state index in [9.17, 15) is 4.79 Å². The maximum atomic E-state index is 12.4. The molecule has 2 fully saturated rings. The lowest BCUT2D eigenvalue weighted by Gasteiger charge is -2.32.